The van der Waals surface area contributed by atoms with E-state index in [9.17, 15) is 9.59 Å². The van der Waals surface area contributed by atoms with Crippen LogP contribution in [0.1, 0.15) is 26.3 Å². The molecule has 1 unspecified atom stereocenters. The number of ether oxygens (including phenoxy) is 1. The van der Waals surface area contributed by atoms with Gasteiger partial charge in [0.1, 0.15) is 11.1 Å². The largest absolute Gasteiger partial charge is 0.464 e. The van der Waals surface area contributed by atoms with Crippen LogP contribution in [-0.4, -0.2) is 17.1 Å². The van der Waals surface area contributed by atoms with Gasteiger partial charge in [0.25, 0.3) is 5.56 Å². The Labute approximate surface area is 109 Å². The molecule has 1 aromatic rings. The predicted molar refractivity (Wildman–Crippen MR) is 66.7 cm³/mol. The van der Waals surface area contributed by atoms with E-state index >= 15 is 0 Å². The van der Waals surface area contributed by atoms with Gasteiger partial charge >= 0.3 is 5.97 Å². The number of carbonyl (C=O) groups excluding carboxylic acids is 1. The maximum Gasteiger partial charge on any atom is 0.329 e. The van der Waals surface area contributed by atoms with Gasteiger partial charge in [0.2, 0.25) is 0 Å². The number of aromatic nitrogens is 1. The zero-order valence-electron chi connectivity index (χ0n) is 9.57. The van der Waals surface area contributed by atoms with E-state index < -0.39 is 17.6 Å². The third kappa shape index (κ3) is 3.23. The highest BCUT2D eigenvalue weighted by Crippen LogP contribution is 2.17. The smallest absolute Gasteiger partial charge is 0.329 e. The minimum absolute atomic E-state index is 0.0137. The molecule has 17 heavy (non-hydrogen) atoms. The molecule has 0 bridgehead atoms. The van der Waals surface area contributed by atoms with Gasteiger partial charge in [-0.2, -0.15) is 0 Å². The molecule has 0 radical (unpaired) electrons. The maximum absolute atomic E-state index is 11.8. The molecule has 0 aliphatic carbocycles. The maximum atomic E-state index is 11.8. The van der Waals surface area contributed by atoms with Crippen molar-refractivity contribution in [2.24, 2.45) is 0 Å². The number of esters is 1. The summed E-state index contributed by atoms with van der Waals surface area (Å²) < 4.78 is 6.11. The van der Waals surface area contributed by atoms with Gasteiger partial charge in [-0.05, 0) is 19.4 Å². The SMILES string of the molecule is CCOC(=O)C(CC)n1cc(Cl)cc(Cl)c1=O. The second kappa shape index (κ2) is 6.07. The molecule has 94 valence electrons. The quantitative estimate of drug-likeness (QED) is 0.795. The highest BCUT2D eigenvalue weighted by molar-refractivity contribution is 6.34. The monoisotopic (exact) mass is 277 g/mol. The Bertz CT molecular complexity index is 470. The lowest BCUT2D eigenvalue weighted by Crippen LogP contribution is -2.30. The molecular weight excluding hydrogens is 265 g/mol. The summed E-state index contributed by atoms with van der Waals surface area (Å²) in [4.78, 5) is 23.5. The molecule has 0 fully saturated rings. The Morgan fingerprint density at radius 2 is 2.12 bits per heavy atom. The lowest BCUT2D eigenvalue weighted by molar-refractivity contribution is -0.147. The first-order valence-electron chi connectivity index (χ1n) is 5.25. The molecule has 1 rings (SSSR count). The minimum atomic E-state index is -0.696. The number of rotatable bonds is 4. The number of carbonyl (C=O) groups is 1. The number of nitrogens with zero attached hydrogens (tertiary/aromatic N) is 1. The molecule has 4 nitrogen and oxygen atoms in total. The van der Waals surface area contributed by atoms with Gasteiger partial charge in [0, 0.05) is 6.20 Å². The second-order valence-corrected chi connectivity index (χ2v) is 4.24. The van der Waals surface area contributed by atoms with Crippen molar-refractivity contribution >= 4 is 29.2 Å². The molecule has 0 aliphatic rings. The molecule has 0 aromatic carbocycles. The average molecular weight is 278 g/mol. The molecule has 0 aliphatic heterocycles. The van der Waals surface area contributed by atoms with Crippen LogP contribution in [0.4, 0.5) is 0 Å². The van der Waals surface area contributed by atoms with Gasteiger partial charge in [-0.15, -0.1) is 0 Å². The summed E-state index contributed by atoms with van der Waals surface area (Å²) in [6, 6.07) is 0.651. The highest BCUT2D eigenvalue weighted by atomic mass is 35.5. The van der Waals surface area contributed by atoms with E-state index in [1.807, 2.05) is 0 Å². The molecule has 6 heteroatoms. The third-order valence-electron chi connectivity index (χ3n) is 2.25. The highest BCUT2D eigenvalue weighted by Gasteiger charge is 2.21. The standard InChI is InChI=1S/C11H13Cl2NO3/c1-3-9(11(16)17-4-2)14-6-7(12)5-8(13)10(14)15/h5-6,9H,3-4H2,1-2H3. The predicted octanol–water partition coefficient (Wildman–Crippen LogP) is 2.67. The first-order valence-corrected chi connectivity index (χ1v) is 6.00. The summed E-state index contributed by atoms with van der Waals surface area (Å²) in [5, 5.41) is 0.289. The van der Waals surface area contributed by atoms with Gasteiger partial charge in [-0.1, -0.05) is 30.1 Å². The summed E-state index contributed by atoms with van der Waals surface area (Å²) >= 11 is 11.5. The summed E-state index contributed by atoms with van der Waals surface area (Å²) in [5.74, 6) is -0.463. The van der Waals surface area contributed by atoms with Crippen molar-refractivity contribution in [3.05, 3.63) is 32.7 Å². The Balaban J connectivity index is 3.21. The minimum Gasteiger partial charge on any atom is -0.464 e. The molecule has 0 amide bonds. The van der Waals surface area contributed by atoms with Gasteiger partial charge in [0.05, 0.1) is 11.6 Å². The van der Waals surface area contributed by atoms with Crippen molar-refractivity contribution in [3.63, 3.8) is 0 Å². The molecule has 0 N–H and O–H groups in total. The summed E-state index contributed by atoms with van der Waals surface area (Å²) in [7, 11) is 0. The van der Waals surface area contributed by atoms with E-state index in [-0.39, 0.29) is 11.6 Å². The number of hydrogen-bond acceptors (Lipinski definition) is 3. The Kier molecular flexibility index (Phi) is 5.02. The fraction of sp³-hybridized carbons (Fsp3) is 0.455. The lowest BCUT2D eigenvalue weighted by atomic mass is 10.2. The molecule has 0 saturated carbocycles. The van der Waals surface area contributed by atoms with Crippen LogP contribution in [0, 0.1) is 0 Å². The summed E-state index contributed by atoms with van der Waals surface area (Å²) in [6.07, 6.45) is 1.82. The van der Waals surface area contributed by atoms with Gasteiger partial charge in [0.15, 0.2) is 0 Å². The van der Waals surface area contributed by atoms with E-state index in [2.05, 4.69) is 0 Å². The number of pyridine rings is 1. The van der Waals surface area contributed by atoms with Crippen molar-refractivity contribution in [2.45, 2.75) is 26.3 Å². The van der Waals surface area contributed by atoms with Crippen molar-refractivity contribution in [3.8, 4) is 0 Å². The number of halogens is 2. The number of hydrogen-bond donors (Lipinski definition) is 0. The van der Waals surface area contributed by atoms with E-state index in [0.717, 1.165) is 0 Å². The van der Waals surface area contributed by atoms with Crippen LogP contribution in [0.25, 0.3) is 0 Å². The molecular formula is C11H13Cl2NO3. The van der Waals surface area contributed by atoms with Crippen LogP contribution in [-0.2, 0) is 9.53 Å². The second-order valence-electron chi connectivity index (χ2n) is 3.39. The molecule has 1 atom stereocenters. The van der Waals surface area contributed by atoms with Crippen LogP contribution in [0.3, 0.4) is 0 Å². The van der Waals surface area contributed by atoms with E-state index in [1.54, 1.807) is 13.8 Å². The molecule has 1 aromatic heterocycles. The lowest BCUT2D eigenvalue weighted by Gasteiger charge is -2.17. The molecule has 1 heterocycles. The van der Waals surface area contributed by atoms with Crippen LogP contribution >= 0.6 is 23.2 Å². The van der Waals surface area contributed by atoms with Crippen molar-refractivity contribution in [1.29, 1.82) is 0 Å². The van der Waals surface area contributed by atoms with Crippen LogP contribution < -0.4 is 5.56 Å². The van der Waals surface area contributed by atoms with E-state index in [4.69, 9.17) is 27.9 Å². The Hall–Kier alpha value is -1.00. The summed E-state index contributed by atoms with van der Waals surface area (Å²) in [5.41, 5.74) is -0.448. The first-order chi connectivity index (χ1) is 8.01. The zero-order chi connectivity index (χ0) is 13.0. The normalized spacial score (nSPS) is 12.2. The van der Waals surface area contributed by atoms with Crippen LogP contribution in [0.2, 0.25) is 10.0 Å². The third-order valence-corrected chi connectivity index (χ3v) is 2.72. The van der Waals surface area contributed by atoms with Crippen LogP contribution in [0.15, 0.2) is 17.1 Å². The fourth-order valence-corrected chi connectivity index (χ4v) is 1.97. The fourth-order valence-electron chi connectivity index (χ4n) is 1.48. The van der Waals surface area contributed by atoms with Crippen molar-refractivity contribution in [1.82, 2.24) is 4.57 Å². The topological polar surface area (TPSA) is 48.3 Å². The van der Waals surface area contributed by atoms with Gasteiger partial charge < -0.3 is 4.74 Å². The average Bonchev–Trinajstić information content (AvgIpc) is 2.26. The Morgan fingerprint density at radius 3 is 2.65 bits per heavy atom. The Morgan fingerprint density at radius 1 is 1.47 bits per heavy atom. The molecule has 0 spiro atoms. The van der Waals surface area contributed by atoms with E-state index in [1.165, 1.54) is 16.8 Å². The molecule has 0 saturated heterocycles. The van der Waals surface area contributed by atoms with Crippen molar-refractivity contribution in [2.75, 3.05) is 6.61 Å². The van der Waals surface area contributed by atoms with E-state index in [0.29, 0.717) is 11.4 Å². The zero-order valence-corrected chi connectivity index (χ0v) is 11.1. The van der Waals surface area contributed by atoms with Crippen molar-refractivity contribution < 1.29 is 9.53 Å². The van der Waals surface area contributed by atoms with Gasteiger partial charge in [-0.25, -0.2) is 4.79 Å². The van der Waals surface area contributed by atoms with Gasteiger partial charge in [-0.3, -0.25) is 9.36 Å². The van der Waals surface area contributed by atoms with Crippen LogP contribution in [0.5, 0.6) is 0 Å². The first kappa shape index (κ1) is 14.1. The summed E-state index contributed by atoms with van der Waals surface area (Å²) in [6.45, 7) is 3.75.